The van der Waals surface area contributed by atoms with Crippen molar-refractivity contribution in [2.24, 2.45) is 5.92 Å². The quantitative estimate of drug-likeness (QED) is 0.778. The number of hydrogen-bond donors (Lipinski definition) is 1. The summed E-state index contributed by atoms with van der Waals surface area (Å²) in [6, 6.07) is 10.3. The van der Waals surface area contributed by atoms with Gasteiger partial charge in [-0.1, -0.05) is 6.07 Å². The van der Waals surface area contributed by atoms with Gasteiger partial charge in [0.25, 0.3) is 0 Å². The summed E-state index contributed by atoms with van der Waals surface area (Å²) >= 11 is 0. The van der Waals surface area contributed by atoms with Gasteiger partial charge in [0.2, 0.25) is 5.91 Å². The molecular weight excluding hydrogens is 404 g/mol. The Morgan fingerprint density at radius 1 is 1.19 bits per heavy atom. The van der Waals surface area contributed by atoms with Gasteiger partial charge >= 0.3 is 0 Å². The predicted octanol–water partition coefficient (Wildman–Crippen LogP) is 4.10. The number of carbonyl (C=O) groups excluding carboxylic acids is 1. The highest BCUT2D eigenvalue weighted by Gasteiger charge is 2.33. The molecule has 1 aliphatic carbocycles. The predicted molar refractivity (Wildman–Crippen MR) is 126 cm³/mol. The van der Waals surface area contributed by atoms with Gasteiger partial charge < -0.3 is 24.6 Å². The number of nitrogens with zero attached hydrogens (tertiary/aromatic N) is 3. The summed E-state index contributed by atoms with van der Waals surface area (Å²) in [5.74, 6) is 1.06. The third-order valence-corrected chi connectivity index (χ3v) is 6.81. The Balaban J connectivity index is 1.46. The van der Waals surface area contributed by atoms with E-state index in [1.165, 1.54) is 0 Å². The first-order valence-corrected chi connectivity index (χ1v) is 11.8. The van der Waals surface area contributed by atoms with Crippen molar-refractivity contribution in [3.63, 3.8) is 0 Å². The molecule has 1 saturated carbocycles. The van der Waals surface area contributed by atoms with Crippen LogP contribution in [0.2, 0.25) is 0 Å². The first kappa shape index (κ1) is 21.2. The van der Waals surface area contributed by atoms with E-state index in [-0.39, 0.29) is 11.8 Å². The fourth-order valence-corrected chi connectivity index (χ4v) is 5.06. The van der Waals surface area contributed by atoms with Crippen LogP contribution in [-0.4, -0.2) is 49.9 Å². The number of amides is 1. The molecule has 0 unspecified atom stereocenters. The standard InChI is InChI=1S/C25H32N4O3/c1-2-32-21-8-5-18(6-9-21)25(30)29-17-19-4-3-11-26-24(19)27-22-10-7-20(16-23(22)29)28-12-14-31-15-13-28/h3-4,7,10-11,16,18,21H,2,5-6,8-9,12-15,17H2,1H3,(H,26,27)/t18-,21+. The summed E-state index contributed by atoms with van der Waals surface area (Å²) in [5, 5.41) is 3.48. The van der Waals surface area contributed by atoms with Crippen molar-refractivity contribution in [2.45, 2.75) is 45.3 Å². The summed E-state index contributed by atoms with van der Waals surface area (Å²) in [5.41, 5.74) is 4.03. The molecule has 1 N–H and O–H groups in total. The number of hydrogen-bond acceptors (Lipinski definition) is 6. The summed E-state index contributed by atoms with van der Waals surface area (Å²) < 4.78 is 11.3. The van der Waals surface area contributed by atoms with Crippen molar-refractivity contribution < 1.29 is 14.3 Å². The Morgan fingerprint density at radius 3 is 2.78 bits per heavy atom. The fourth-order valence-electron chi connectivity index (χ4n) is 5.06. The van der Waals surface area contributed by atoms with Crippen molar-refractivity contribution >= 4 is 28.8 Å². The molecule has 0 spiro atoms. The molecule has 1 aromatic heterocycles. The number of aromatic nitrogens is 1. The number of pyridine rings is 1. The van der Waals surface area contributed by atoms with Gasteiger partial charge in [-0.05, 0) is 56.9 Å². The molecule has 1 amide bonds. The number of anilines is 4. The third kappa shape index (κ3) is 4.32. The van der Waals surface area contributed by atoms with Crippen molar-refractivity contribution in [3.8, 4) is 0 Å². The lowest BCUT2D eigenvalue weighted by atomic mass is 9.86. The molecule has 2 fully saturated rings. The van der Waals surface area contributed by atoms with Crippen molar-refractivity contribution in [3.05, 3.63) is 42.1 Å². The highest BCUT2D eigenvalue weighted by molar-refractivity contribution is 6.00. The van der Waals surface area contributed by atoms with Crippen LogP contribution in [0.25, 0.3) is 0 Å². The molecule has 170 valence electrons. The molecule has 1 aromatic carbocycles. The molecule has 3 aliphatic rings. The van der Waals surface area contributed by atoms with E-state index in [2.05, 4.69) is 39.5 Å². The van der Waals surface area contributed by atoms with E-state index in [0.29, 0.717) is 12.6 Å². The van der Waals surface area contributed by atoms with Crippen LogP contribution in [0.3, 0.4) is 0 Å². The molecule has 0 atom stereocenters. The number of ether oxygens (including phenoxy) is 2. The Labute approximate surface area is 189 Å². The Morgan fingerprint density at radius 2 is 2.00 bits per heavy atom. The minimum Gasteiger partial charge on any atom is -0.379 e. The lowest BCUT2D eigenvalue weighted by Crippen LogP contribution is -2.39. The zero-order valence-corrected chi connectivity index (χ0v) is 18.8. The van der Waals surface area contributed by atoms with Gasteiger partial charge in [-0.2, -0.15) is 0 Å². The molecule has 32 heavy (non-hydrogen) atoms. The molecular formula is C25H32N4O3. The smallest absolute Gasteiger partial charge is 0.230 e. The van der Waals surface area contributed by atoms with Crippen molar-refractivity contribution in [1.29, 1.82) is 0 Å². The lowest BCUT2D eigenvalue weighted by Gasteiger charge is -2.33. The topological polar surface area (TPSA) is 66.9 Å². The third-order valence-electron chi connectivity index (χ3n) is 6.81. The van der Waals surface area contributed by atoms with Crippen LogP contribution < -0.4 is 15.1 Å². The van der Waals surface area contributed by atoms with Gasteiger partial charge in [0, 0.05) is 43.1 Å². The maximum Gasteiger partial charge on any atom is 0.230 e. The second-order valence-corrected chi connectivity index (χ2v) is 8.79. The van der Waals surface area contributed by atoms with E-state index in [4.69, 9.17) is 9.47 Å². The van der Waals surface area contributed by atoms with Gasteiger partial charge in [0.1, 0.15) is 5.82 Å². The van der Waals surface area contributed by atoms with Crippen molar-refractivity contribution in [2.75, 3.05) is 48.0 Å². The number of nitrogens with one attached hydrogen (secondary N) is 1. The van der Waals surface area contributed by atoms with Crippen LogP contribution in [0.4, 0.5) is 22.9 Å². The van der Waals surface area contributed by atoms with Gasteiger partial charge in [0.05, 0.1) is 37.2 Å². The zero-order valence-electron chi connectivity index (χ0n) is 18.8. The first-order valence-electron chi connectivity index (χ1n) is 11.8. The van der Waals surface area contributed by atoms with Gasteiger partial charge in [0.15, 0.2) is 0 Å². The van der Waals surface area contributed by atoms with Crippen LogP contribution in [0.5, 0.6) is 0 Å². The molecule has 7 nitrogen and oxygen atoms in total. The number of benzene rings is 1. The summed E-state index contributed by atoms with van der Waals surface area (Å²) in [6.07, 6.45) is 5.75. The van der Waals surface area contributed by atoms with Crippen LogP contribution >= 0.6 is 0 Å². The van der Waals surface area contributed by atoms with Crippen molar-refractivity contribution in [1.82, 2.24) is 4.98 Å². The number of fused-ring (bicyclic) bond motifs is 2. The lowest BCUT2D eigenvalue weighted by molar-refractivity contribution is -0.124. The van der Waals surface area contributed by atoms with Crippen LogP contribution in [0.1, 0.15) is 38.2 Å². The van der Waals surface area contributed by atoms with Crippen LogP contribution in [0, 0.1) is 5.92 Å². The van der Waals surface area contributed by atoms with Crippen LogP contribution in [-0.2, 0) is 20.8 Å². The molecule has 5 rings (SSSR count). The van der Waals surface area contributed by atoms with Gasteiger partial charge in [-0.3, -0.25) is 4.79 Å². The zero-order chi connectivity index (χ0) is 21.9. The Kier molecular flexibility index (Phi) is 6.28. The normalized spacial score (nSPS) is 23.0. The molecule has 2 aromatic rings. The summed E-state index contributed by atoms with van der Waals surface area (Å²) in [4.78, 5) is 22.7. The Hall–Kier alpha value is -2.64. The molecule has 0 radical (unpaired) electrons. The molecule has 2 aliphatic heterocycles. The number of rotatable bonds is 4. The average molecular weight is 437 g/mol. The largest absolute Gasteiger partial charge is 0.379 e. The second-order valence-electron chi connectivity index (χ2n) is 8.79. The number of carbonyl (C=O) groups is 1. The summed E-state index contributed by atoms with van der Waals surface area (Å²) in [6.45, 7) is 6.50. The fraction of sp³-hybridized carbons (Fsp3) is 0.520. The van der Waals surface area contributed by atoms with Gasteiger partial charge in [-0.15, -0.1) is 0 Å². The van der Waals surface area contributed by atoms with Crippen LogP contribution in [0.15, 0.2) is 36.5 Å². The van der Waals surface area contributed by atoms with E-state index in [9.17, 15) is 4.79 Å². The van der Waals surface area contributed by atoms with E-state index >= 15 is 0 Å². The number of morpholine rings is 1. The Bertz CT molecular complexity index is 952. The second kappa shape index (κ2) is 9.46. The van der Waals surface area contributed by atoms with E-state index in [1.54, 1.807) is 6.20 Å². The van der Waals surface area contributed by atoms with E-state index in [1.807, 2.05) is 17.9 Å². The molecule has 1 saturated heterocycles. The highest BCUT2D eigenvalue weighted by Crippen LogP contribution is 2.39. The monoisotopic (exact) mass is 436 g/mol. The minimum atomic E-state index is 0.0322. The van der Waals surface area contributed by atoms with E-state index < -0.39 is 0 Å². The van der Waals surface area contributed by atoms with E-state index in [0.717, 1.165) is 87.0 Å². The highest BCUT2D eigenvalue weighted by atomic mass is 16.5. The maximum absolute atomic E-state index is 13.8. The SMILES string of the molecule is CCO[C@H]1CC[C@@H](C(=O)N2Cc3cccnc3Nc3ccc(N4CCOCC4)cc32)CC1. The molecule has 3 heterocycles. The summed E-state index contributed by atoms with van der Waals surface area (Å²) in [7, 11) is 0. The average Bonchev–Trinajstić information content (AvgIpc) is 3.01. The maximum atomic E-state index is 13.8. The minimum absolute atomic E-state index is 0.0322. The van der Waals surface area contributed by atoms with Gasteiger partial charge in [-0.25, -0.2) is 4.98 Å². The molecule has 7 heteroatoms. The first-order chi connectivity index (χ1) is 15.7. The molecule has 0 bridgehead atoms.